The number of hydrogen-bond donors (Lipinski definition) is 0. The van der Waals surface area contributed by atoms with E-state index >= 15 is 0 Å². The number of halogens is 2. The third-order valence-electron chi connectivity index (χ3n) is 4.55. The lowest BCUT2D eigenvalue weighted by atomic mass is 10.2. The zero-order chi connectivity index (χ0) is 21.5. The van der Waals surface area contributed by atoms with E-state index in [0.717, 1.165) is 4.70 Å². The van der Waals surface area contributed by atoms with Crippen molar-refractivity contribution in [1.29, 1.82) is 0 Å². The van der Waals surface area contributed by atoms with E-state index in [4.69, 9.17) is 23.2 Å². The monoisotopic (exact) mass is 471 g/mol. The van der Waals surface area contributed by atoms with Gasteiger partial charge < -0.3 is 4.57 Å². The van der Waals surface area contributed by atoms with Crippen LogP contribution in [0.15, 0.2) is 46.3 Å². The van der Waals surface area contributed by atoms with Crippen molar-refractivity contribution in [3.05, 3.63) is 56.8 Å². The van der Waals surface area contributed by atoms with Crippen LogP contribution in [-0.4, -0.2) is 36.3 Å². The van der Waals surface area contributed by atoms with Gasteiger partial charge in [-0.05, 0) is 50.2 Å². The molecule has 0 radical (unpaired) electrons. The minimum atomic E-state index is -3.61. The zero-order valence-electron chi connectivity index (χ0n) is 16.2. The highest BCUT2D eigenvalue weighted by Gasteiger charge is 2.23. The number of carbonyl (C=O) groups is 1. The molecular formula is C19H19Cl2N3O3S2. The first-order valence-electron chi connectivity index (χ1n) is 8.64. The Labute approximate surface area is 183 Å². The van der Waals surface area contributed by atoms with Crippen LogP contribution in [0.4, 0.5) is 0 Å². The molecule has 10 heteroatoms. The molecule has 1 amide bonds. The molecule has 0 aliphatic heterocycles. The second-order valence-corrected chi connectivity index (χ2v) is 10.5. The first-order chi connectivity index (χ1) is 13.5. The SMILES string of the molecule is CC(C)N(C)S(=O)(=O)c1ccc(C(=O)N=c2sc3c(Cl)ccc(Cl)c3n2C)cc1. The Bertz CT molecular complexity index is 1260. The van der Waals surface area contributed by atoms with Crippen molar-refractivity contribution in [2.75, 3.05) is 7.05 Å². The molecule has 0 saturated carbocycles. The lowest BCUT2D eigenvalue weighted by Gasteiger charge is -2.20. The van der Waals surface area contributed by atoms with Crippen molar-refractivity contribution in [1.82, 2.24) is 8.87 Å². The molecule has 0 saturated heterocycles. The molecule has 154 valence electrons. The predicted octanol–water partition coefficient (Wildman–Crippen LogP) is 4.32. The lowest BCUT2D eigenvalue weighted by molar-refractivity contribution is 0.0998. The molecule has 3 aromatic rings. The van der Waals surface area contributed by atoms with Crippen molar-refractivity contribution >= 4 is 60.7 Å². The van der Waals surface area contributed by atoms with Gasteiger partial charge in [0.2, 0.25) is 10.0 Å². The van der Waals surface area contributed by atoms with E-state index in [2.05, 4.69) is 4.99 Å². The minimum absolute atomic E-state index is 0.122. The Hall–Kier alpha value is -1.71. The van der Waals surface area contributed by atoms with Gasteiger partial charge in [0.25, 0.3) is 5.91 Å². The number of amides is 1. The molecular weight excluding hydrogens is 453 g/mol. The molecule has 29 heavy (non-hydrogen) atoms. The highest BCUT2D eigenvalue weighted by Crippen LogP contribution is 2.31. The van der Waals surface area contributed by atoms with Gasteiger partial charge in [0.15, 0.2) is 4.80 Å². The fourth-order valence-electron chi connectivity index (χ4n) is 2.65. The second-order valence-electron chi connectivity index (χ2n) is 6.71. The number of aryl methyl sites for hydroxylation is 1. The van der Waals surface area contributed by atoms with Crippen LogP contribution < -0.4 is 4.80 Å². The van der Waals surface area contributed by atoms with Crippen molar-refractivity contribution in [2.24, 2.45) is 12.0 Å². The van der Waals surface area contributed by atoms with Gasteiger partial charge in [0.1, 0.15) is 0 Å². The van der Waals surface area contributed by atoms with E-state index in [1.165, 1.54) is 47.0 Å². The highest BCUT2D eigenvalue weighted by molar-refractivity contribution is 7.89. The quantitative estimate of drug-likeness (QED) is 0.568. The topological polar surface area (TPSA) is 71.7 Å². The van der Waals surface area contributed by atoms with Crippen molar-refractivity contribution < 1.29 is 13.2 Å². The average molecular weight is 472 g/mol. The van der Waals surface area contributed by atoms with E-state index in [9.17, 15) is 13.2 Å². The molecule has 0 atom stereocenters. The molecule has 1 aromatic heterocycles. The normalized spacial score (nSPS) is 13.0. The van der Waals surface area contributed by atoms with Crippen LogP contribution in [0.1, 0.15) is 24.2 Å². The summed E-state index contributed by atoms with van der Waals surface area (Å²) < 4.78 is 28.8. The van der Waals surface area contributed by atoms with Gasteiger partial charge in [0.05, 0.1) is 25.2 Å². The van der Waals surface area contributed by atoms with Crippen molar-refractivity contribution in [2.45, 2.75) is 24.8 Å². The lowest BCUT2D eigenvalue weighted by Crippen LogP contribution is -2.33. The minimum Gasteiger partial charge on any atom is -0.318 e. The molecule has 0 unspecified atom stereocenters. The van der Waals surface area contributed by atoms with Crippen LogP contribution in [0.5, 0.6) is 0 Å². The van der Waals surface area contributed by atoms with E-state index in [-0.39, 0.29) is 16.5 Å². The van der Waals surface area contributed by atoms with Gasteiger partial charge in [-0.25, -0.2) is 8.42 Å². The molecule has 0 spiro atoms. The zero-order valence-corrected chi connectivity index (χ0v) is 19.3. The van der Waals surface area contributed by atoms with Gasteiger partial charge in [-0.2, -0.15) is 9.30 Å². The van der Waals surface area contributed by atoms with Gasteiger partial charge in [-0.1, -0.05) is 34.5 Å². The average Bonchev–Trinajstić information content (AvgIpc) is 3.01. The number of sulfonamides is 1. The molecule has 2 aromatic carbocycles. The largest absolute Gasteiger partial charge is 0.318 e. The van der Waals surface area contributed by atoms with Crippen LogP contribution in [0, 0.1) is 0 Å². The van der Waals surface area contributed by atoms with E-state index in [1.807, 2.05) is 0 Å². The Morgan fingerprint density at radius 1 is 1.10 bits per heavy atom. The summed E-state index contributed by atoms with van der Waals surface area (Å²) in [6.07, 6.45) is 0. The number of hydrogen-bond acceptors (Lipinski definition) is 4. The summed E-state index contributed by atoms with van der Waals surface area (Å²) in [5, 5.41) is 1.05. The first-order valence-corrected chi connectivity index (χ1v) is 11.7. The fraction of sp³-hybridized carbons (Fsp3) is 0.263. The number of nitrogens with zero attached hydrogens (tertiary/aromatic N) is 3. The third kappa shape index (κ3) is 4.13. The maximum absolute atomic E-state index is 12.6. The van der Waals surface area contributed by atoms with Crippen LogP contribution in [0.3, 0.4) is 0 Å². The van der Waals surface area contributed by atoms with Crippen LogP contribution >= 0.6 is 34.5 Å². The van der Waals surface area contributed by atoms with Crippen LogP contribution in [-0.2, 0) is 17.1 Å². The summed E-state index contributed by atoms with van der Waals surface area (Å²) in [5.74, 6) is -0.486. The number of benzene rings is 2. The van der Waals surface area contributed by atoms with E-state index in [0.29, 0.717) is 20.4 Å². The highest BCUT2D eigenvalue weighted by atomic mass is 35.5. The number of carbonyl (C=O) groups excluding carboxylic acids is 1. The van der Waals surface area contributed by atoms with Gasteiger partial charge >= 0.3 is 0 Å². The Morgan fingerprint density at radius 3 is 2.24 bits per heavy atom. The Morgan fingerprint density at radius 2 is 1.69 bits per heavy atom. The molecule has 0 fully saturated rings. The second kappa shape index (κ2) is 8.20. The molecule has 1 heterocycles. The van der Waals surface area contributed by atoms with Gasteiger partial charge in [-0.3, -0.25) is 4.79 Å². The summed E-state index contributed by atoms with van der Waals surface area (Å²) in [6, 6.07) is 8.95. The summed E-state index contributed by atoms with van der Waals surface area (Å²) >= 11 is 13.7. The standard InChI is InChI=1S/C19H19Cl2N3O3S2/c1-11(2)24(4)29(26,27)13-7-5-12(6-8-13)18(25)22-19-23(3)16-14(20)9-10-15(21)17(16)28-19/h5-11H,1-4H3. The summed E-state index contributed by atoms with van der Waals surface area (Å²) in [4.78, 5) is 17.3. The Kier molecular flexibility index (Phi) is 6.21. The molecule has 3 rings (SSSR count). The van der Waals surface area contributed by atoms with Crippen LogP contribution in [0.2, 0.25) is 10.0 Å². The van der Waals surface area contributed by atoms with E-state index in [1.54, 1.807) is 37.6 Å². The number of fused-ring (bicyclic) bond motifs is 1. The van der Waals surface area contributed by atoms with Crippen LogP contribution in [0.25, 0.3) is 10.2 Å². The third-order valence-corrected chi connectivity index (χ3v) is 8.50. The number of thiazole rings is 1. The summed E-state index contributed by atoms with van der Waals surface area (Å²) in [5.41, 5.74) is 0.986. The number of rotatable bonds is 4. The molecule has 6 nitrogen and oxygen atoms in total. The van der Waals surface area contributed by atoms with Gasteiger partial charge in [0, 0.05) is 25.7 Å². The number of aromatic nitrogens is 1. The Balaban J connectivity index is 1.99. The smallest absolute Gasteiger partial charge is 0.279 e. The van der Waals surface area contributed by atoms with E-state index < -0.39 is 15.9 Å². The molecule has 0 aliphatic carbocycles. The first kappa shape index (κ1) is 22.0. The van der Waals surface area contributed by atoms with Crippen molar-refractivity contribution in [3.8, 4) is 0 Å². The van der Waals surface area contributed by atoms with Crippen molar-refractivity contribution in [3.63, 3.8) is 0 Å². The molecule has 0 bridgehead atoms. The summed E-state index contributed by atoms with van der Waals surface area (Å²) in [7, 11) is -0.339. The fourth-order valence-corrected chi connectivity index (χ4v) is 5.67. The summed E-state index contributed by atoms with van der Waals surface area (Å²) in [6.45, 7) is 3.58. The molecule has 0 aliphatic rings. The van der Waals surface area contributed by atoms with Gasteiger partial charge in [-0.15, -0.1) is 0 Å². The molecule has 0 N–H and O–H groups in total. The maximum Gasteiger partial charge on any atom is 0.279 e. The maximum atomic E-state index is 12.6. The predicted molar refractivity (Wildman–Crippen MR) is 117 cm³/mol.